The first-order valence-electron chi connectivity index (χ1n) is 11.0. The maximum absolute atomic E-state index is 4.90. The summed E-state index contributed by atoms with van der Waals surface area (Å²) >= 11 is 0. The number of aromatic nitrogens is 7. The highest BCUT2D eigenvalue weighted by molar-refractivity contribution is 5.80. The molecule has 0 bridgehead atoms. The zero-order valence-corrected chi connectivity index (χ0v) is 18.6. The quantitative estimate of drug-likeness (QED) is 0.427. The predicted octanol–water partition coefficient (Wildman–Crippen LogP) is 5.20. The number of tetrazole rings is 1. The molecule has 0 aliphatic rings. The molecule has 2 heterocycles. The van der Waals surface area contributed by atoms with Crippen LogP contribution in [0, 0.1) is 0 Å². The summed E-state index contributed by atoms with van der Waals surface area (Å²) in [6.45, 7) is 8.76. The maximum atomic E-state index is 4.90. The van der Waals surface area contributed by atoms with Gasteiger partial charge in [-0.25, -0.2) is 9.67 Å². The van der Waals surface area contributed by atoms with Gasteiger partial charge in [-0.3, -0.25) is 0 Å². The van der Waals surface area contributed by atoms with E-state index < -0.39 is 0 Å². The molecule has 0 aliphatic carbocycles. The molecule has 2 aromatic heterocycles. The van der Waals surface area contributed by atoms with Crippen LogP contribution in [0.3, 0.4) is 0 Å². The smallest absolute Gasteiger partial charge is 0.205 e. The van der Waals surface area contributed by atoms with E-state index in [-0.39, 0.29) is 0 Å². The van der Waals surface area contributed by atoms with Crippen LogP contribution in [-0.2, 0) is 6.42 Å². The highest BCUT2D eigenvalue weighted by atomic mass is 15.5. The average molecular weight is 416 g/mol. The molecule has 7 heteroatoms. The number of H-pyrrole nitrogens is 1. The van der Waals surface area contributed by atoms with Gasteiger partial charge in [0.25, 0.3) is 0 Å². The Balaban J connectivity index is 1.62. The maximum Gasteiger partial charge on any atom is 0.205 e. The van der Waals surface area contributed by atoms with Gasteiger partial charge >= 0.3 is 0 Å². The number of nitrogens with one attached hydrogen (secondary N) is 1. The van der Waals surface area contributed by atoms with Crippen LogP contribution in [0.25, 0.3) is 22.5 Å². The molecule has 0 amide bonds. The van der Waals surface area contributed by atoms with E-state index in [1.165, 1.54) is 5.56 Å². The van der Waals surface area contributed by atoms with Crippen LogP contribution in [0.5, 0.6) is 0 Å². The molecular formula is C24H29N7. The first-order valence-corrected chi connectivity index (χ1v) is 11.0. The zero-order valence-electron chi connectivity index (χ0n) is 18.6. The highest BCUT2D eigenvalue weighted by Gasteiger charge is 2.18. The molecule has 0 saturated carbocycles. The molecule has 0 spiro atoms. The summed E-state index contributed by atoms with van der Waals surface area (Å²) in [7, 11) is 0. The third-order valence-corrected chi connectivity index (χ3v) is 5.92. The second-order valence-electron chi connectivity index (χ2n) is 8.05. The molecule has 31 heavy (non-hydrogen) atoms. The summed E-state index contributed by atoms with van der Waals surface area (Å²) in [6, 6.07) is 17.1. The molecule has 1 N–H and O–H groups in total. The minimum atomic E-state index is 0.335. The topological polar surface area (TPSA) is 85.2 Å². The number of nitrogens with zero attached hydrogens (tertiary/aromatic N) is 6. The van der Waals surface area contributed by atoms with Gasteiger partial charge in [-0.2, -0.15) is 10.3 Å². The number of hydrogen-bond acceptors (Lipinski definition) is 5. The lowest BCUT2D eigenvalue weighted by Gasteiger charge is -2.13. The lowest BCUT2D eigenvalue weighted by atomic mass is 9.97. The van der Waals surface area contributed by atoms with Crippen molar-refractivity contribution in [1.29, 1.82) is 0 Å². The second-order valence-corrected chi connectivity index (χ2v) is 8.05. The van der Waals surface area contributed by atoms with Gasteiger partial charge in [0.15, 0.2) is 5.82 Å². The van der Waals surface area contributed by atoms with Crippen molar-refractivity contribution in [3.05, 3.63) is 65.7 Å². The van der Waals surface area contributed by atoms with Crippen molar-refractivity contribution >= 4 is 0 Å². The number of hydrogen-bond donors (Lipinski definition) is 1. The van der Waals surface area contributed by atoms with E-state index in [2.05, 4.69) is 83.3 Å². The van der Waals surface area contributed by atoms with Gasteiger partial charge in [-0.05, 0) is 41.7 Å². The van der Waals surface area contributed by atoms with Crippen molar-refractivity contribution in [1.82, 2.24) is 35.4 Å². The molecule has 160 valence electrons. The van der Waals surface area contributed by atoms with Crippen LogP contribution in [0.4, 0.5) is 0 Å². The van der Waals surface area contributed by atoms with E-state index in [1.807, 2.05) is 18.2 Å². The lowest BCUT2D eigenvalue weighted by Crippen LogP contribution is -2.11. The minimum Gasteiger partial charge on any atom is -0.247 e. The molecule has 7 nitrogen and oxygen atoms in total. The highest BCUT2D eigenvalue weighted by Crippen LogP contribution is 2.30. The predicted molar refractivity (Wildman–Crippen MR) is 122 cm³/mol. The summed E-state index contributed by atoms with van der Waals surface area (Å²) in [6.07, 6.45) is 2.83. The number of aromatic amines is 1. The van der Waals surface area contributed by atoms with Gasteiger partial charge in [-0.15, -0.1) is 10.2 Å². The Morgan fingerprint density at radius 1 is 0.935 bits per heavy atom. The fourth-order valence-electron chi connectivity index (χ4n) is 3.60. The third-order valence-electron chi connectivity index (χ3n) is 5.92. The van der Waals surface area contributed by atoms with Gasteiger partial charge in [-0.1, -0.05) is 69.3 Å². The van der Waals surface area contributed by atoms with Gasteiger partial charge < -0.3 is 0 Å². The molecule has 2 unspecified atom stereocenters. The number of benzene rings is 2. The van der Waals surface area contributed by atoms with Gasteiger partial charge in [0.1, 0.15) is 5.82 Å². The summed E-state index contributed by atoms with van der Waals surface area (Å²) in [4.78, 5) is 4.90. The Hall–Kier alpha value is -3.35. The van der Waals surface area contributed by atoms with E-state index in [0.29, 0.717) is 17.8 Å². The van der Waals surface area contributed by atoms with Crippen molar-refractivity contribution in [2.45, 2.75) is 58.9 Å². The molecular weight excluding hydrogens is 386 g/mol. The second kappa shape index (κ2) is 9.20. The molecule has 0 radical (unpaired) electrons. The Morgan fingerprint density at radius 3 is 2.32 bits per heavy atom. The lowest BCUT2D eigenvalue weighted by molar-refractivity contribution is 0.455. The Kier molecular flexibility index (Phi) is 6.21. The zero-order chi connectivity index (χ0) is 21.8. The average Bonchev–Trinajstić information content (AvgIpc) is 3.49. The standard InChI is InChI=1S/C24H29N7/c1-5-16(3)23-25-22(31(28-23)17(4)6-2)15-18-11-13-19(14-12-18)20-9-7-8-10-21(20)24-26-29-30-27-24/h7-14,16-17H,5-6,15H2,1-4H3,(H,26,27,29,30). The Morgan fingerprint density at radius 2 is 1.68 bits per heavy atom. The van der Waals surface area contributed by atoms with E-state index in [1.54, 1.807) is 0 Å². The molecule has 0 saturated heterocycles. The summed E-state index contributed by atoms with van der Waals surface area (Å²) < 4.78 is 2.11. The normalized spacial score (nSPS) is 13.3. The van der Waals surface area contributed by atoms with Crippen molar-refractivity contribution in [2.75, 3.05) is 0 Å². The largest absolute Gasteiger partial charge is 0.247 e. The Bertz CT molecular complexity index is 1110. The summed E-state index contributed by atoms with van der Waals surface area (Å²) in [5.74, 6) is 2.94. The van der Waals surface area contributed by atoms with Gasteiger partial charge in [0.05, 0.1) is 6.04 Å². The van der Waals surface area contributed by atoms with Gasteiger partial charge in [0.2, 0.25) is 5.82 Å². The van der Waals surface area contributed by atoms with Crippen LogP contribution in [0.15, 0.2) is 48.5 Å². The van der Waals surface area contributed by atoms with E-state index in [4.69, 9.17) is 10.1 Å². The van der Waals surface area contributed by atoms with Crippen LogP contribution in [0.2, 0.25) is 0 Å². The van der Waals surface area contributed by atoms with Crippen LogP contribution in [-0.4, -0.2) is 35.4 Å². The van der Waals surface area contributed by atoms with Crippen LogP contribution >= 0.6 is 0 Å². The van der Waals surface area contributed by atoms with Crippen molar-refractivity contribution < 1.29 is 0 Å². The van der Waals surface area contributed by atoms with Crippen LogP contribution < -0.4 is 0 Å². The first kappa shape index (κ1) is 20.9. The molecule has 4 rings (SSSR count). The molecule has 0 aliphatic heterocycles. The fraction of sp³-hybridized carbons (Fsp3) is 0.375. The molecule has 2 atom stereocenters. The third kappa shape index (κ3) is 4.40. The summed E-state index contributed by atoms with van der Waals surface area (Å²) in [5.41, 5.74) is 4.37. The van der Waals surface area contributed by atoms with E-state index in [0.717, 1.165) is 47.6 Å². The molecule has 2 aromatic carbocycles. The van der Waals surface area contributed by atoms with Crippen molar-refractivity contribution in [3.63, 3.8) is 0 Å². The Labute approximate surface area is 182 Å². The minimum absolute atomic E-state index is 0.335. The monoisotopic (exact) mass is 415 g/mol. The SMILES string of the molecule is CCC(C)c1nc(Cc2ccc(-c3ccccc3-c3nn[nH]n3)cc2)n(C(C)CC)n1. The van der Waals surface area contributed by atoms with Crippen molar-refractivity contribution in [3.8, 4) is 22.5 Å². The number of rotatable bonds is 8. The summed E-state index contributed by atoms with van der Waals surface area (Å²) in [5, 5.41) is 19.3. The van der Waals surface area contributed by atoms with Crippen LogP contribution in [0.1, 0.15) is 69.7 Å². The van der Waals surface area contributed by atoms with E-state index in [9.17, 15) is 0 Å². The van der Waals surface area contributed by atoms with E-state index >= 15 is 0 Å². The van der Waals surface area contributed by atoms with Gasteiger partial charge in [0, 0.05) is 17.9 Å². The van der Waals surface area contributed by atoms with Crippen molar-refractivity contribution in [2.24, 2.45) is 0 Å². The molecule has 0 fully saturated rings. The fourth-order valence-corrected chi connectivity index (χ4v) is 3.60. The molecule has 4 aromatic rings. The first-order chi connectivity index (χ1) is 15.1.